The van der Waals surface area contributed by atoms with E-state index in [1.165, 1.54) is 25.9 Å². The van der Waals surface area contributed by atoms with E-state index in [2.05, 4.69) is 64.0 Å². The van der Waals surface area contributed by atoms with Gasteiger partial charge >= 0.3 is 0 Å². The Bertz CT molecular complexity index is 354. The summed E-state index contributed by atoms with van der Waals surface area (Å²) in [4.78, 5) is 5.01. The molecule has 1 N–H and O–H groups in total. The fourth-order valence-corrected chi connectivity index (χ4v) is 4.59. The third kappa shape index (κ3) is 3.61. The lowest BCUT2D eigenvalue weighted by Crippen LogP contribution is -2.51. The van der Waals surface area contributed by atoms with Gasteiger partial charge < -0.3 is 15.0 Å². The summed E-state index contributed by atoms with van der Waals surface area (Å²) in [5, 5.41) is 3.53. The van der Waals surface area contributed by atoms with Crippen molar-refractivity contribution in [3.05, 3.63) is 0 Å². The highest BCUT2D eigenvalue weighted by Gasteiger charge is 2.53. The SMILES string of the molecule is CNC1C(CN2CCCC2CN(C)C)C(C)(C)OC1(C)C. The van der Waals surface area contributed by atoms with E-state index < -0.39 is 0 Å². The summed E-state index contributed by atoms with van der Waals surface area (Å²) in [6.45, 7) is 12.5. The number of ether oxygens (including phenoxy) is 1. The van der Waals surface area contributed by atoms with Crippen LogP contribution >= 0.6 is 0 Å². The average molecular weight is 297 g/mol. The number of hydrogen-bond acceptors (Lipinski definition) is 4. The molecular formula is C17H35N3O. The second-order valence-electron chi connectivity index (χ2n) is 8.24. The molecule has 0 aliphatic carbocycles. The quantitative estimate of drug-likeness (QED) is 0.837. The van der Waals surface area contributed by atoms with Crippen LogP contribution in [0.25, 0.3) is 0 Å². The third-order valence-corrected chi connectivity index (χ3v) is 5.39. The first-order valence-electron chi connectivity index (χ1n) is 8.43. The lowest BCUT2D eigenvalue weighted by Gasteiger charge is -2.35. The Kier molecular flexibility index (Phi) is 5.04. The molecule has 3 unspecified atom stereocenters. The topological polar surface area (TPSA) is 27.7 Å². The molecule has 0 saturated carbocycles. The van der Waals surface area contributed by atoms with Crippen molar-refractivity contribution in [2.24, 2.45) is 5.92 Å². The van der Waals surface area contributed by atoms with Gasteiger partial charge in [-0.25, -0.2) is 0 Å². The Labute approximate surface area is 131 Å². The minimum absolute atomic E-state index is 0.0670. The molecular weight excluding hydrogens is 262 g/mol. The Morgan fingerprint density at radius 1 is 1.19 bits per heavy atom. The molecule has 0 amide bonds. The highest BCUT2D eigenvalue weighted by Crippen LogP contribution is 2.43. The van der Waals surface area contributed by atoms with Gasteiger partial charge in [0.1, 0.15) is 0 Å². The van der Waals surface area contributed by atoms with E-state index in [0.29, 0.717) is 18.0 Å². The molecule has 2 aliphatic rings. The monoisotopic (exact) mass is 297 g/mol. The fourth-order valence-electron chi connectivity index (χ4n) is 4.59. The molecule has 2 aliphatic heterocycles. The zero-order valence-electron chi connectivity index (χ0n) is 15.1. The summed E-state index contributed by atoms with van der Waals surface area (Å²) in [5.41, 5.74) is -0.165. The van der Waals surface area contributed by atoms with Crippen LogP contribution in [0.3, 0.4) is 0 Å². The van der Waals surface area contributed by atoms with Gasteiger partial charge in [0.25, 0.3) is 0 Å². The molecule has 3 atom stereocenters. The van der Waals surface area contributed by atoms with E-state index in [1.807, 2.05) is 0 Å². The van der Waals surface area contributed by atoms with Crippen LogP contribution in [0, 0.1) is 5.92 Å². The average Bonchev–Trinajstić information content (AvgIpc) is 2.79. The molecule has 0 bridgehead atoms. The van der Waals surface area contributed by atoms with Gasteiger partial charge in [-0.2, -0.15) is 0 Å². The molecule has 0 aromatic heterocycles. The van der Waals surface area contributed by atoms with Gasteiger partial charge in [0.2, 0.25) is 0 Å². The zero-order valence-corrected chi connectivity index (χ0v) is 15.1. The molecule has 0 spiro atoms. The third-order valence-electron chi connectivity index (χ3n) is 5.39. The normalized spacial score (nSPS) is 35.7. The van der Waals surface area contributed by atoms with Crippen LogP contribution in [-0.2, 0) is 4.74 Å². The van der Waals surface area contributed by atoms with E-state index in [4.69, 9.17) is 4.74 Å². The standard InChI is InChI=1S/C17H35N3O/c1-16(2)14(15(18-5)17(3,4)21-16)12-20-10-8-9-13(20)11-19(6)7/h13-15,18H,8-12H2,1-7H3. The summed E-state index contributed by atoms with van der Waals surface area (Å²) < 4.78 is 6.38. The largest absolute Gasteiger partial charge is 0.368 e. The number of nitrogens with zero attached hydrogens (tertiary/aromatic N) is 2. The smallest absolute Gasteiger partial charge is 0.0790 e. The van der Waals surface area contributed by atoms with Crippen LogP contribution < -0.4 is 5.32 Å². The Morgan fingerprint density at radius 3 is 2.43 bits per heavy atom. The maximum absolute atomic E-state index is 6.38. The second kappa shape index (κ2) is 6.15. The zero-order chi connectivity index (χ0) is 15.8. The van der Waals surface area contributed by atoms with Crippen LogP contribution in [0.1, 0.15) is 40.5 Å². The number of likely N-dealkylation sites (N-methyl/N-ethyl adjacent to an activating group) is 2. The van der Waals surface area contributed by atoms with E-state index in [1.54, 1.807) is 0 Å². The van der Waals surface area contributed by atoms with Crippen LogP contribution in [0.2, 0.25) is 0 Å². The highest BCUT2D eigenvalue weighted by atomic mass is 16.5. The first-order valence-corrected chi connectivity index (χ1v) is 8.43. The molecule has 4 nitrogen and oxygen atoms in total. The Balaban J connectivity index is 2.09. The van der Waals surface area contributed by atoms with E-state index >= 15 is 0 Å². The molecule has 0 aromatic rings. The molecule has 2 fully saturated rings. The molecule has 21 heavy (non-hydrogen) atoms. The summed E-state index contributed by atoms with van der Waals surface area (Å²) >= 11 is 0. The van der Waals surface area contributed by atoms with Crippen LogP contribution in [0.15, 0.2) is 0 Å². The van der Waals surface area contributed by atoms with Crippen LogP contribution in [0.5, 0.6) is 0 Å². The molecule has 0 aromatic carbocycles. The fraction of sp³-hybridized carbons (Fsp3) is 1.00. The van der Waals surface area contributed by atoms with E-state index in [-0.39, 0.29) is 11.2 Å². The van der Waals surface area contributed by atoms with Crippen molar-refractivity contribution in [1.82, 2.24) is 15.1 Å². The predicted molar refractivity (Wildman–Crippen MR) is 88.7 cm³/mol. The summed E-state index contributed by atoms with van der Waals surface area (Å²) in [5.74, 6) is 0.528. The van der Waals surface area contributed by atoms with Crippen molar-refractivity contribution < 1.29 is 4.74 Å². The maximum atomic E-state index is 6.38. The Hall–Kier alpha value is -0.160. The molecule has 124 valence electrons. The first-order chi connectivity index (χ1) is 9.67. The number of rotatable bonds is 5. The lowest BCUT2D eigenvalue weighted by molar-refractivity contribution is -0.0796. The van der Waals surface area contributed by atoms with Crippen LogP contribution in [-0.4, -0.2) is 73.9 Å². The van der Waals surface area contributed by atoms with Crippen molar-refractivity contribution >= 4 is 0 Å². The van der Waals surface area contributed by atoms with Gasteiger partial charge in [-0.15, -0.1) is 0 Å². The minimum atomic E-state index is -0.0975. The summed E-state index contributed by atoms with van der Waals surface area (Å²) in [7, 11) is 6.43. The van der Waals surface area contributed by atoms with Crippen molar-refractivity contribution in [2.45, 2.75) is 63.8 Å². The molecule has 0 radical (unpaired) electrons. The van der Waals surface area contributed by atoms with Crippen LogP contribution in [0.4, 0.5) is 0 Å². The van der Waals surface area contributed by atoms with Crippen molar-refractivity contribution in [3.8, 4) is 0 Å². The summed E-state index contributed by atoms with van der Waals surface area (Å²) in [6.07, 6.45) is 2.67. The first kappa shape index (κ1) is 17.2. The van der Waals surface area contributed by atoms with Gasteiger partial charge in [-0.3, -0.25) is 4.90 Å². The Morgan fingerprint density at radius 2 is 1.86 bits per heavy atom. The number of nitrogens with one attached hydrogen (secondary N) is 1. The van der Waals surface area contributed by atoms with Gasteiger partial charge in [0.05, 0.1) is 11.2 Å². The van der Waals surface area contributed by atoms with Gasteiger partial charge in [-0.05, 0) is 68.2 Å². The summed E-state index contributed by atoms with van der Waals surface area (Å²) in [6, 6.07) is 1.12. The second-order valence-corrected chi connectivity index (χ2v) is 8.24. The van der Waals surface area contributed by atoms with Gasteiger partial charge in [0, 0.05) is 31.1 Å². The molecule has 4 heteroatoms. The van der Waals surface area contributed by atoms with Gasteiger partial charge in [-0.1, -0.05) is 0 Å². The molecule has 2 saturated heterocycles. The lowest BCUT2D eigenvalue weighted by atomic mass is 9.82. The number of hydrogen-bond donors (Lipinski definition) is 1. The van der Waals surface area contributed by atoms with Gasteiger partial charge in [0.15, 0.2) is 0 Å². The molecule has 2 rings (SSSR count). The van der Waals surface area contributed by atoms with E-state index in [9.17, 15) is 0 Å². The maximum Gasteiger partial charge on any atom is 0.0790 e. The highest BCUT2D eigenvalue weighted by molar-refractivity contribution is 5.06. The van der Waals surface area contributed by atoms with Crippen molar-refractivity contribution in [3.63, 3.8) is 0 Å². The predicted octanol–water partition coefficient (Wildman–Crippen LogP) is 1.80. The van der Waals surface area contributed by atoms with Crippen molar-refractivity contribution in [2.75, 3.05) is 40.8 Å². The molecule has 2 heterocycles. The van der Waals surface area contributed by atoms with E-state index in [0.717, 1.165) is 6.54 Å². The minimum Gasteiger partial charge on any atom is -0.368 e. The van der Waals surface area contributed by atoms with Crippen molar-refractivity contribution in [1.29, 1.82) is 0 Å². The number of likely N-dealkylation sites (tertiary alicyclic amines) is 1.